The van der Waals surface area contributed by atoms with Gasteiger partial charge in [0.05, 0.1) is 15.6 Å². The van der Waals surface area contributed by atoms with Crippen LogP contribution in [0.5, 0.6) is 0 Å². The smallest absolute Gasteiger partial charge is 0.261 e. The zero-order chi connectivity index (χ0) is 16.5. The van der Waals surface area contributed by atoms with E-state index >= 15 is 0 Å². The minimum atomic E-state index is -3.65. The zero-order valence-electron chi connectivity index (χ0n) is 13.1. The summed E-state index contributed by atoms with van der Waals surface area (Å²) >= 11 is 6.14. The van der Waals surface area contributed by atoms with Crippen molar-refractivity contribution in [3.8, 4) is 0 Å². The summed E-state index contributed by atoms with van der Waals surface area (Å²) in [5, 5.41) is 0.378. The van der Waals surface area contributed by atoms with Crippen LogP contribution in [0.1, 0.15) is 31.9 Å². The molecule has 22 heavy (non-hydrogen) atoms. The van der Waals surface area contributed by atoms with E-state index in [0.29, 0.717) is 10.7 Å². The second kappa shape index (κ2) is 5.94. The number of nitrogens with one attached hydrogen (secondary N) is 1. The number of hydrogen-bond donors (Lipinski definition) is 1. The Morgan fingerprint density at radius 2 is 1.59 bits per heavy atom. The number of anilines is 1. The molecule has 0 aromatic heterocycles. The van der Waals surface area contributed by atoms with E-state index in [0.717, 1.165) is 11.1 Å². The first-order chi connectivity index (χ1) is 10.1. The van der Waals surface area contributed by atoms with Crippen LogP contribution in [0.4, 0.5) is 5.69 Å². The molecule has 5 heteroatoms. The van der Waals surface area contributed by atoms with Gasteiger partial charge in [-0.2, -0.15) is 0 Å². The number of rotatable bonds is 3. The van der Waals surface area contributed by atoms with E-state index in [1.807, 2.05) is 13.0 Å². The molecule has 2 aromatic carbocycles. The lowest BCUT2D eigenvalue weighted by molar-refractivity contribution is 0.590. The monoisotopic (exact) mass is 337 g/mol. The lowest BCUT2D eigenvalue weighted by Crippen LogP contribution is -2.15. The minimum Gasteiger partial charge on any atom is -0.278 e. The van der Waals surface area contributed by atoms with Crippen LogP contribution < -0.4 is 4.72 Å². The second-order valence-electron chi connectivity index (χ2n) is 6.36. The van der Waals surface area contributed by atoms with Gasteiger partial charge in [-0.05, 0) is 42.2 Å². The van der Waals surface area contributed by atoms with Gasteiger partial charge < -0.3 is 0 Å². The molecular formula is C17H20ClNO2S. The quantitative estimate of drug-likeness (QED) is 0.878. The molecule has 0 radical (unpaired) electrons. The summed E-state index contributed by atoms with van der Waals surface area (Å²) in [6.45, 7) is 8.10. The molecule has 0 saturated heterocycles. The molecule has 0 aliphatic carbocycles. The van der Waals surface area contributed by atoms with Crippen LogP contribution in [-0.2, 0) is 15.4 Å². The Kier molecular flexibility index (Phi) is 4.54. The predicted molar refractivity (Wildman–Crippen MR) is 92.1 cm³/mol. The standard InChI is InChI=1S/C17H20ClNO2S/c1-12-5-8-14(9-6-12)22(20,21)19-16-11-13(17(2,3)4)7-10-15(16)18/h5-11,19H,1-4H3. The van der Waals surface area contributed by atoms with E-state index in [9.17, 15) is 8.42 Å². The normalized spacial score (nSPS) is 12.2. The molecule has 0 spiro atoms. The molecule has 0 saturated carbocycles. The summed E-state index contributed by atoms with van der Waals surface area (Å²) in [6.07, 6.45) is 0. The van der Waals surface area contributed by atoms with Gasteiger partial charge in [0.1, 0.15) is 0 Å². The molecule has 1 N–H and O–H groups in total. The Morgan fingerprint density at radius 1 is 1.00 bits per heavy atom. The zero-order valence-corrected chi connectivity index (χ0v) is 14.7. The molecule has 0 atom stereocenters. The van der Waals surface area contributed by atoms with Crippen LogP contribution in [0.3, 0.4) is 0 Å². The van der Waals surface area contributed by atoms with Crippen molar-refractivity contribution < 1.29 is 8.42 Å². The molecule has 0 heterocycles. The number of aryl methyl sites for hydroxylation is 1. The highest BCUT2D eigenvalue weighted by atomic mass is 35.5. The molecule has 0 fully saturated rings. The van der Waals surface area contributed by atoms with Crippen LogP contribution >= 0.6 is 11.6 Å². The van der Waals surface area contributed by atoms with E-state index in [1.54, 1.807) is 36.4 Å². The van der Waals surface area contributed by atoms with E-state index in [1.165, 1.54) is 0 Å². The van der Waals surface area contributed by atoms with Crippen molar-refractivity contribution >= 4 is 27.3 Å². The van der Waals surface area contributed by atoms with Crippen molar-refractivity contribution in [1.29, 1.82) is 0 Å². The van der Waals surface area contributed by atoms with E-state index in [2.05, 4.69) is 25.5 Å². The average Bonchev–Trinajstić information content (AvgIpc) is 2.40. The second-order valence-corrected chi connectivity index (χ2v) is 8.45. The molecule has 0 bridgehead atoms. The number of benzene rings is 2. The third kappa shape index (κ3) is 3.81. The first-order valence-corrected chi connectivity index (χ1v) is 8.85. The van der Waals surface area contributed by atoms with Crippen LogP contribution in [0.25, 0.3) is 0 Å². The predicted octanol–water partition coefficient (Wildman–Crippen LogP) is 4.75. The number of sulfonamides is 1. The molecule has 0 unspecified atom stereocenters. The molecule has 0 amide bonds. The van der Waals surface area contributed by atoms with E-state index < -0.39 is 10.0 Å². The largest absolute Gasteiger partial charge is 0.278 e. The first-order valence-electron chi connectivity index (χ1n) is 6.99. The van der Waals surface area contributed by atoms with E-state index in [4.69, 9.17) is 11.6 Å². The summed E-state index contributed by atoms with van der Waals surface area (Å²) < 4.78 is 27.5. The lowest BCUT2D eigenvalue weighted by Gasteiger charge is -2.20. The average molecular weight is 338 g/mol. The number of hydrogen-bond acceptors (Lipinski definition) is 2. The van der Waals surface area contributed by atoms with Gasteiger partial charge in [0.15, 0.2) is 0 Å². The Labute approximate surface area is 137 Å². The third-order valence-electron chi connectivity index (χ3n) is 3.41. The highest BCUT2D eigenvalue weighted by Crippen LogP contribution is 2.31. The maximum absolute atomic E-state index is 12.5. The van der Waals surface area contributed by atoms with Gasteiger partial charge >= 0.3 is 0 Å². The summed E-state index contributed by atoms with van der Waals surface area (Å²) in [5.74, 6) is 0. The fraction of sp³-hybridized carbons (Fsp3) is 0.294. The van der Waals surface area contributed by atoms with Crippen LogP contribution in [0, 0.1) is 6.92 Å². The number of halogens is 1. The highest BCUT2D eigenvalue weighted by Gasteiger charge is 2.19. The van der Waals surface area contributed by atoms with Gasteiger partial charge in [0.2, 0.25) is 0 Å². The van der Waals surface area contributed by atoms with E-state index in [-0.39, 0.29) is 10.3 Å². The maximum atomic E-state index is 12.5. The van der Waals surface area contributed by atoms with Gasteiger partial charge in [-0.3, -0.25) is 4.72 Å². The molecular weight excluding hydrogens is 318 g/mol. The van der Waals surface area contributed by atoms with Crippen molar-refractivity contribution in [3.05, 3.63) is 58.6 Å². The molecule has 2 rings (SSSR count). The van der Waals surface area contributed by atoms with Crippen LogP contribution in [0.15, 0.2) is 47.4 Å². The maximum Gasteiger partial charge on any atom is 0.261 e. The SMILES string of the molecule is Cc1ccc(S(=O)(=O)Nc2cc(C(C)(C)C)ccc2Cl)cc1. The summed E-state index contributed by atoms with van der Waals surface area (Å²) in [5.41, 5.74) is 2.33. The van der Waals surface area contributed by atoms with Gasteiger partial charge in [-0.25, -0.2) is 8.42 Å². The lowest BCUT2D eigenvalue weighted by atomic mass is 9.87. The molecule has 3 nitrogen and oxygen atoms in total. The Hall–Kier alpha value is -1.52. The third-order valence-corrected chi connectivity index (χ3v) is 5.12. The Balaban J connectivity index is 2.39. The molecule has 0 aliphatic rings. The summed E-state index contributed by atoms with van der Waals surface area (Å²) in [6, 6.07) is 12.1. The van der Waals surface area contributed by atoms with Crippen molar-refractivity contribution in [2.24, 2.45) is 0 Å². The van der Waals surface area contributed by atoms with Crippen molar-refractivity contribution in [2.45, 2.75) is 38.0 Å². The fourth-order valence-corrected chi connectivity index (χ4v) is 3.28. The summed E-state index contributed by atoms with van der Waals surface area (Å²) in [7, 11) is -3.65. The Bertz CT molecular complexity index is 775. The molecule has 118 valence electrons. The van der Waals surface area contributed by atoms with Gasteiger partial charge in [-0.1, -0.05) is 56.1 Å². The molecule has 0 aliphatic heterocycles. The topological polar surface area (TPSA) is 46.2 Å². The van der Waals surface area contributed by atoms with Gasteiger partial charge in [-0.15, -0.1) is 0 Å². The highest BCUT2D eigenvalue weighted by molar-refractivity contribution is 7.92. The van der Waals surface area contributed by atoms with Gasteiger partial charge in [0.25, 0.3) is 10.0 Å². The first kappa shape index (κ1) is 16.8. The summed E-state index contributed by atoms with van der Waals surface area (Å²) in [4.78, 5) is 0.218. The van der Waals surface area contributed by atoms with Crippen molar-refractivity contribution in [2.75, 3.05) is 4.72 Å². The van der Waals surface area contributed by atoms with Crippen molar-refractivity contribution in [3.63, 3.8) is 0 Å². The minimum absolute atomic E-state index is 0.0887. The Morgan fingerprint density at radius 3 is 2.14 bits per heavy atom. The van der Waals surface area contributed by atoms with Gasteiger partial charge in [0, 0.05) is 0 Å². The van der Waals surface area contributed by atoms with Crippen LogP contribution in [0.2, 0.25) is 5.02 Å². The van der Waals surface area contributed by atoms with Crippen LogP contribution in [-0.4, -0.2) is 8.42 Å². The fourth-order valence-electron chi connectivity index (χ4n) is 1.99. The molecule has 2 aromatic rings. The van der Waals surface area contributed by atoms with Crippen molar-refractivity contribution in [1.82, 2.24) is 0 Å².